The van der Waals surface area contributed by atoms with Crippen LogP contribution in [0.15, 0.2) is 0 Å². The Bertz CT molecular complexity index is 351. The van der Waals surface area contributed by atoms with E-state index >= 15 is 0 Å². The van der Waals surface area contributed by atoms with Gasteiger partial charge in [-0.25, -0.2) is 8.42 Å². The molecule has 1 fully saturated rings. The van der Waals surface area contributed by atoms with Gasteiger partial charge in [-0.2, -0.15) is 0 Å². The molecule has 0 radical (unpaired) electrons. The van der Waals surface area contributed by atoms with E-state index in [1.54, 1.807) is 6.92 Å². The number of ether oxygens (including phenoxy) is 1. The highest BCUT2D eigenvalue weighted by Crippen LogP contribution is 2.32. The Hall–Kier alpha value is -0.620. The maximum absolute atomic E-state index is 11.5. The highest BCUT2D eigenvalue weighted by Gasteiger charge is 2.46. The maximum Gasteiger partial charge on any atom is 0.326 e. The summed E-state index contributed by atoms with van der Waals surface area (Å²) < 4.78 is 27.4. The summed E-state index contributed by atoms with van der Waals surface area (Å²) >= 11 is 0. The fourth-order valence-corrected chi connectivity index (χ4v) is 3.00. The van der Waals surface area contributed by atoms with Gasteiger partial charge in [-0.05, 0) is 26.2 Å². The number of carbonyl (C=O) groups excluding carboxylic acids is 1. The molecule has 1 rings (SSSR count). The van der Waals surface area contributed by atoms with Gasteiger partial charge in [0.2, 0.25) is 0 Å². The number of esters is 1. The molecule has 0 spiro atoms. The van der Waals surface area contributed by atoms with Gasteiger partial charge in [0.25, 0.3) is 0 Å². The summed E-state index contributed by atoms with van der Waals surface area (Å²) in [5.41, 5.74) is 4.73. The number of rotatable bonds is 3. The van der Waals surface area contributed by atoms with E-state index in [1.807, 2.05) is 0 Å². The zero-order valence-electron chi connectivity index (χ0n) is 9.02. The van der Waals surface area contributed by atoms with Crippen molar-refractivity contribution in [1.82, 2.24) is 0 Å². The molecule has 1 saturated carbocycles. The quantitative estimate of drug-likeness (QED) is 0.687. The van der Waals surface area contributed by atoms with Crippen molar-refractivity contribution in [3.8, 4) is 0 Å². The fourth-order valence-electron chi connectivity index (χ4n) is 1.85. The van der Waals surface area contributed by atoms with Crippen LogP contribution in [-0.2, 0) is 19.4 Å². The van der Waals surface area contributed by atoms with Crippen molar-refractivity contribution in [2.75, 3.05) is 12.9 Å². The van der Waals surface area contributed by atoms with Crippen molar-refractivity contribution in [2.24, 2.45) is 5.73 Å². The van der Waals surface area contributed by atoms with E-state index in [0.29, 0.717) is 12.8 Å². The standard InChI is InChI=1S/C9H17NO4S/c1-3-14-8(11)9(10)5-4-7(6-9)15(2,12)13/h7H,3-6,10H2,1-2H3. The van der Waals surface area contributed by atoms with Crippen molar-refractivity contribution in [3.05, 3.63) is 0 Å². The summed E-state index contributed by atoms with van der Waals surface area (Å²) in [6.45, 7) is 1.96. The molecule has 0 amide bonds. The van der Waals surface area contributed by atoms with E-state index in [1.165, 1.54) is 6.26 Å². The van der Waals surface area contributed by atoms with E-state index < -0.39 is 26.6 Å². The molecule has 0 aromatic rings. The molecule has 0 aromatic heterocycles. The number of nitrogens with two attached hydrogens (primary N) is 1. The van der Waals surface area contributed by atoms with E-state index in [9.17, 15) is 13.2 Å². The SMILES string of the molecule is CCOC(=O)C1(N)CCC(S(C)(=O)=O)C1. The first-order valence-corrected chi connectivity index (χ1v) is 6.90. The third-order valence-electron chi connectivity index (χ3n) is 2.79. The Kier molecular flexibility index (Phi) is 3.40. The minimum absolute atomic E-state index is 0.171. The lowest BCUT2D eigenvalue weighted by Crippen LogP contribution is -2.47. The van der Waals surface area contributed by atoms with Crippen LogP contribution in [0.3, 0.4) is 0 Å². The first kappa shape index (κ1) is 12.4. The zero-order valence-corrected chi connectivity index (χ0v) is 9.84. The lowest BCUT2D eigenvalue weighted by molar-refractivity contribution is -0.149. The van der Waals surface area contributed by atoms with E-state index in [4.69, 9.17) is 10.5 Å². The molecular formula is C9H17NO4S. The van der Waals surface area contributed by atoms with Crippen LogP contribution in [0, 0.1) is 0 Å². The van der Waals surface area contributed by atoms with Crippen LogP contribution in [0.4, 0.5) is 0 Å². The second-order valence-electron chi connectivity index (χ2n) is 4.07. The van der Waals surface area contributed by atoms with Crippen LogP contribution in [0.1, 0.15) is 26.2 Å². The van der Waals surface area contributed by atoms with Gasteiger partial charge in [-0.3, -0.25) is 4.79 Å². The second-order valence-corrected chi connectivity index (χ2v) is 6.40. The molecule has 0 bridgehead atoms. The number of hydrogen-bond acceptors (Lipinski definition) is 5. The third kappa shape index (κ3) is 2.69. The number of sulfone groups is 1. The average Bonchev–Trinajstić information content (AvgIpc) is 2.49. The molecule has 2 atom stereocenters. The van der Waals surface area contributed by atoms with Crippen LogP contribution in [0.25, 0.3) is 0 Å². The summed E-state index contributed by atoms with van der Waals surface area (Å²) in [6.07, 6.45) is 2.16. The lowest BCUT2D eigenvalue weighted by Gasteiger charge is -2.21. The predicted molar refractivity (Wildman–Crippen MR) is 56.0 cm³/mol. The highest BCUT2D eigenvalue weighted by atomic mass is 32.2. The molecule has 5 nitrogen and oxygen atoms in total. The largest absolute Gasteiger partial charge is 0.465 e. The maximum atomic E-state index is 11.5. The van der Waals surface area contributed by atoms with Crippen LogP contribution < -0.4 is 5.73 Å². The first-order valence-electron chi connectivity index (χ1n) is 4.94. The normalized spacial score (nSPS) is 31.5. The van der Waals surface area contributed by atoms with Crippen molar-refractivity contribution >= 4 is 15.8 Å². The molecule has 0 aliphatic heterocycles. The lowest BCUT2D eigenvalue weighted by atomic mass is 10.00. The second kappa shape index (κ2) is 4.09. The summed E-state index contributed by atoms with van der Waals surface area (Å²) in [5, 5.41) is -0.507. The molecule has 15 heavy (non-hydrogen) atoms. The minimum atomic E-state index is -3.11. The van der Waals surface area contributed by atoms with Gasteiger partial charge in [0, 0.05) is 6.26 Å². The predicted octanol–water partition coefficient (Wildman–Crippen LogP) is -0.156. The number of carbonyl (C=O) groups is 1. The van der Waals surface area contributed by atoms with E-state index in [0.717, 1.165) is 0 Å². The van der Waals surface area contributed by atoms with Gasteiger partial charge >= 0.3 is 5.97 Å². The van der Waals surface area contributed by atoms with Crippen LogP contribution in [-0.4, -0.2) is 38.0 Å². The van der Waals surface area contributed by atoms with E-state index in [-0.39, 0.29) is 13.0 Å². The summed E-state index contributed by atoms with van der Waals surface area (Å²) in [6, 6.07) is 0. The Morgan fingerprint density at radius 2 is 2.20 bits per heavy atom. The van der Waals surface area contributed by atoms with Crippen LogP contribution in [0.5, 0.6) is 0 Å². The molecule has 1 aliphatic rings. The molecule has 0 aromatic carbocycles. The minimum Gasteiger partial charge on any atom is -0.465 e. The van der Waals surface area contributed by atoms with Crippen LogP contribution >= 0.6 is 0 Å². The number of hydrogen-bond donors (Lipinski definition) is 1. The van der Waals surface area contributed by atoms with E-state index in [2.05, 4.69) is 0 Å². The van der Waals surface area contributed by atoms with Gasteiger partial charge < -0.3 is 10.5 Å². The summed E-state index contributed by atoms with van der Waals surface area (Å²) in [7, 11) is -3.11. The zero-order chi connectivity index (χ0) is 11.7. The highest BCUT2D eigenvalue weighted by molar-refractivity contribution is 7.91. The Morgan fingerprint density at radius 1 is 1.60 bits per heavy atom. The molecular weight excluding hydrogens is 218 g/mol. The Morgan fingerprint density at radius 3 is 2.60 bits per heavy atom. The summed E-state index contributed by atoms with van der Waals surface area (Å²) in [5.74, 6) is -0.490. The molecule has 0 saturated heterocycles. The first-order chi connectivity index (χ1) is 6.79. The third-order valence-corrected chi connectivity index (χ3v) is 4.41. The molecule has 6 heteroatoms. The van der Waals surface area contributed by atoms with Crippen LogP contribution in [0.2, 0.25) is 0 Å². The monoisotopic (exact) mass is 235 g/mol. The fraction of sp³-hybridized carbons (Fsp3) is 0.889. The van der Waals surface area contributed by atoms with Crippen molar-refractivity contribution < 1.29 is 17.9 Å². The van der Waals surface area contributed by atoms with Crippen molar-refractivity contribution in [2.45, 2.75) is 37.0 Å². The van der Waals surface area contributed by atoms with Gasteiger partial charge in [0.1, 0.15) is 15.4 Å². The van der Waals surface area contributed by atoms with Crippen molar-refractivity contribution in [1.29, 1.82) is 0 Å². The molecule has 0 heterocycles. The van der Waals surface area contributed by atoms with Crippen molar-refractivity contribution in [3.63, 3.8) is 0 Å². The molecule has 2 unspecified atom stereocenters. The molecule has 2 N–H and O–H groups in total. The topological polar surface area (TPSA) is 86.5 Å². The van der Waals surface area contributed by atoms with Gasteiger partial charge in [0.15, 0.2) is 0 Å². The Balaban J connectivity index is 2.73. The average molecular weight is 235 g/mol. The molecule has 1 aliphatic carbocycles. The van der Waals surface area contributed by atoms with Gasteiger partial charge in [-0.1, -0.05) is 0 Å². The molecule has 88 valence electrons. The van der Waals surface area contributed by atoms with Gasteiger partial charge in [0.05, 0.1) is 11.9 Å². The Labute approximate surface area is 89.9 Å². The summed E-state index contributed by atoms with van der Waals surface area (Å²) in [4.78, 5) is 11.5. The van der Waals surface area contributed by atoms with Gasteiger partial charge in [-0.15, -0.1) is 0 Å². The smallest absolute Gasteiger partial charge is 0.326 e.